The highest BCUT2D eigenvalue weighted by Crippen LogP contribution is 2.42. The zero-order valence-corrected chi connectivity index (χ0v) is 15.3. The minimum atomic E-state index is -1.25. The first kappa shape index (κ1) is 17.1. The second-order valence-electron chi connectivity index (χ2n) is 7.62. The maximum atomic E-state index is 14.4. The molecule has 6 heteroatoms. The lowest BCUT2D eigenvalue weighted by molar-refractivity contribution is 0.0692. The molecule has 28 heavy (non-hydrogen) atoms. The van der Waals surface area contributed by atoms with Crippen LogP contribution in [0.1, 0.15) is 51.6 Å². The van der Waals surface area contributed by atoms with Gasteiger partial charge in [-0.25, -0.2) is 14.2 Å². The molecular weight excluding hydrogens is 357 g/mol. The number of aromatic nitrogens is 2. The summed E-state index contributed by atoms with van der Waals surface area (Å²) in [5.74, 6) is -1.47. The van der Waals surface area contributed by atoms with Crippen molar-refractivity contribution < 1.29 is 14.3 Å². The Labute approximate surface area is 162 Å². The number of nitrogens with zero attached hydrogens (tertiary/aromatic N) is 3. The number of carbonyl (C=O) groups is 1. The summed E-state index contributed by atoms with van der Waals surface area (Å²) < 4.78 is 16.4. The Morgan fingerprint density at radius 3 is 2.68 bits per heavy atom. The monoisotopic (exact) mass is 377 g/mol. The third-order valence-corrected chi connectivity index (χ3v) is 5.54. The van der Waals surface area contributed by atoms with E-state index >= 15 is 0 Å². The molecule has 142 valence electrons. The van der Waals surface area contributed by atoms with Crippen LogP contribution in [0.4, 0.5) is 4.39 Å². The van der Waals surface area contributed by atoms with Crippen LogP contribution >= 0.6 is 0 Å². The average Bonchev–Trinajstić information content (AvgIpc) is 3.45. The van der Waals surface area contributed by atoms with Crippen molar-refractivity contribution in [2.45, 2.75) is 38.4 Å². The fourth-order valence-electron chi connectivity index (χ4n) is 4.03. The minimum Gasteiger partial charge on any atom is -0.478 e. The Hall–Kier alpha value is -2.99. The lowest BCUT2D eigenvalue weighted by Crippen LogP contribution is -2.22. The first-order chi connectivity index (χ1) is 13.6. The second kappa shape index (κ2) is 6.56. The Balaban J connectivity index is 1.62. The summed E-state index contributed by atoms with van der Waals surface area (Å²) in [6.07, 6.45) is 4.04. The Bertz CT molecular complexity index is 1060. The number of carboxylic acid groups (broad SMARTS) is 1. The molecule has 1 fully saturated rings. The highest BCUT2D eigenvalue weighted by Gasteiger charge is 2.32. The lowest BCUT2D eigenvalue weighted by Gasteiger charge is -2.21. The van der Waals surface area contributed by atoms with E-state index in [1.54, 1.807) is 6.33 Å². The number of fused-ring (bicyclic) bond motifs is 3. The average molecular weight is 377 g/mol. The summed E-state index contributed by atoms with van der Waals surface area (Å²) in [4.78, 5) is 18.4. The zero-order valence-electron chi connectivity index (χ0n) is 15.3. The van der Waals surface area contributed by atoms with E-state index in [-0.39, 0.29) is 5.56 Å². The number of halogens is 1. The quantitative estimate of drug-likeness (QED) is 0.744. The van der Waals surface area contributed by atoms with Crippen molar-refractivity contribution in [3.05, 3.63) is 82.7 Å². The van der Waals surface area contributed by atoms with Gasteiger partial charge in [0.2, 0.25) is 0 Å². The highest BCUT2D eigenvalue weighted by atomic mass is 19.1. The molecule has 1 N–H and O–H groups in total. The molecule has 0 unspecified atom stereocenters. The largest absolute Gasteiger partial charge is 0.478 e. The predicted molar refractivity (Wildman–Crippen MR) is 102 cm³/mol. The van der Waals surface area contributed by atoms with Gasteiger partial charge in [-0.3, -0.25) is 4.90 Å². The summed E-state index contributed by atoms with van der Waals surface area (Å²) in [7, 11) is 0. The summed E-state index contributed by atoms with van der Waals surface area (Å²) in [5, 5.41) is 9.36. The molecule has 0 bridgehead atoms. The summed E-state index contributed by atoms with van der Waals surface area (Å²) >= 11 is 0. The van der Waals surface area contributed by atoms with Crippen LogP contribution in [0.15, 0.2) is 48.8 Å². The molecule has 5 rings (SSSR count). The highest BCUT2D eigenvalue weighted by molar-refractivity contribution is 5.89. The van der Waals surface area contributed by atoms with Crippen molar-refractivity contribution in [3.63, 3.8) is 0 Å². The summed E-state index contributed by atoms with van der Waals surface area (Å²) in [6.45, 7) is 1.98. The van der Waals surface area contributed by atoms with Crippen molar-refractivity contribution >= 4 is 5.97 Å². The minimum absolute atomic E-state index is 0.303. The van der Waals surface area contributed by atoms with Crippen LogP contribution in [0.25, 0.3) is 5.69 Å². The summed E-state index contributed by atoms with van der Waals surface area (Å²) in [5.41, 5.74) is 4.54. The van der Waals surface area contributed by atoms with Gasteiger partial charge in [-0.2, -0.15) is 0 Å². The Morgan fingerprint density at radius 2 is 1.96 bits per heavy atom. The number of benzene rings is 2. The van der Waals surface area contributed by atoms with E-state index in [4.69, 9.17) is 0 Å². The molecule has 0 atom stereocenters. The van der Waals surface area contributed by atoms with Crippen molar-refractivity contribution in [3.8, 4) is 5.69 Å². The van der Waals surface area contributed by atoms with Crippen LogP contribution in [0.2, 0.25) is 0 Å². The maximum absolute atomic E-state index is 14.4. The standard InChI is InChI=1S/C22H20FN3O2/c23-18-8-16-11-25(10-14-4-2-1-3-5-14)12-20-21(15-6-7-15)24-13-26(20)19(16)9-17(18)22(27)28/h1-5,8-9,13,15H,6-7,10-12H2,(H,27,28). The van der Waals surface area contributed by atoms with Crippen LogP contribution in [0.5, 0.6) is 0 Å². The maximum Gasteiger partial charge on any atom is 0.338 e. The van der Waals surface area contributed by atoms with Crippen LogP contribution in [0.3, 0.4) is 0 Å². The van der Waals surface area contributed by atoms with E-state index in [1.165, 1.54) is 17.7 Å². The van der Waals surface area contributed by atoms with E-state index in [0.717, 1.165) is 36.3 Å². The van der Waals surface area contributed by atoms with Crippen LogP contribution in [-0.2, 0) is 19.6 Å². The van der Waals surface area contributed by atoms with Crippen LogP contribution in [-0.4, -0.2) is 25.5 Å². The molecule has 1 aliphatic carbocycles. The number of carboxylic acids is 1. The molecule has 2 aromatic carbocycles. The number of hydrogen-bond donors (Lipinski definition) is 1. The fourth-order valence-corrected chi connectivity index (χ4v) is 4.03. The van der Waals surface area contributed by atoms with Gasteiger partial charge in [-0.05, 0) is 36.1 Å². The Kier molecular flexibility index (Phi) is 4.02. The van der Waals surface area contributed by atoms with Gasteiger partial charge in [0, 0.05) is 25.6 Å². The normalized spacial score (nSPS) is 16.3. The molecule has 3 aromatic rings. The molecule has 2 aliphatic rings. The first-order valence-electron chi connectivity index (χ1n) is 9.48. The Morgan fingerprint density at radius 1 is 1.18 bits per heavy atom. The van der Waals surface area contributed by atoms with Crippen LogP contribution < -0.4 is 0 Å². The van der Waals surface area contributed by atoms with Gasteiger partial charge in [0.1, 0.15) is 5.82 Å². The van der Waals surface area contributed by atoms with Gasteiger partial charge >= 0.3 is 5.97 Å². The molecule has 1 aromatic heterocycles. The first-order valence-corrected chi connectivity index (χ1v) is 9.48. The molecule has 0 spiro atoms. The zero-order chi connectivity index (χ0) is 19.3. The van der Waals surface area contributed by atoms with Crippen LogP contribution in [0, 0.1) is 5.82 Å². The van der Waals surface area contributed by atoms with Crippen molar-refractivity contribution in [2.75, 3.05) is 0 Å². The molecule has 0 saturated heterocycles. The van der Waals surface area contributed by atoms with Crippen molar-refractivity contribution in [1.29, 1.82) is 0 Å². The van der Waals surface area contributed by atoms with E-state index in [0.29, 0.717) is 24.7 Å². The number of hydrogen-bond acceptors (Lipinski definition) is 3. The van der Waals surface area contributed by atoms with Gasteiger partial charge < -0.3 is 9.67 Å². The van der Waals surface area contributed by atoms with Gasteiger partial charge in [-0.15, -0.1) is 0 Å². The molecule has 1 aliphatic heterocycles. The molecule has 1 saturated carbocycles. The van der Waals surface area contributed by atoms with Gasteiger partial charge in [0.25, 0.3) is 0 Å². The third kappa shape index (κ3) is 2.99. The topological polar surface area (TPSA) is 58.4 Å². The van der Waals surface area contributed by atoms with Gasteiger partial charge in [0.15, 0.2) is 0 Å². The SMILES string of the molecule is O=C(O)c1cc2c(cc1F)CN(Cc1ccccc1)Cc1c(C3CC3)ncn1-2. The molecular formula is C22H20FN3O2. The third-order valence-electron chi connectivity index (χ3n) is 5.54. The van der Waals surface area contributed by atoms with E-state index < -0.39 is 11.8 Å². The van der Waals surface area contributed by atoms with Gasteiger partial charge in [-0.1, -0.05) is 30.3 Å². The predicted octanol–water partition coefficient (Wildman–Crippen LogP) is 4.10. The van der Waals surface area contributed by atoms with Gasteiger partial charge in [0.05, 0.1) is 29.0 Å². The summed E-state index contributed by atoms with van der Waals surface area (Å²) in [6, 6.07) is 13.0. The molecule has 5 nitrogen and oxygen atoms in total. The number of rotatable bonds is 4. The molecule has 2 heterocycles. The van der Waals surface area contributed by atoms with E-state index in [9.17, 15) is 14.3 Å². The smallest absolute Gasteiger partial charge is 0.338 e. The lowest BCUT2D eigenvalue weighted by atomic mass is 10.1. The van der Waals surface area contributed by atoms with E-state index in [2.05, 4.69) is 22.0 Å². The number of aromatic carboxylic acids is 1. The molecule has 0 amide bonds. The van der Waals surface area contributed by atoms with E-state index in [1.807, 2.05) is 22.8 Å². The van der Waals surface area contributed by atoms with Crippen molar-refractivity contribution in [2.24, 2.45) is 0 Å². The molecule has 0 radical (unpaired) electrons. The fraction of sp³-hybridized carbons (Fsp3) is 0.273. The second-order valence-corrected chi connectivity index (χ2v) is 7.62. The van der Waals surface area contributed by atoms with Crippen molar-refractivity contribution in [1.82, 2.24) is 14.5 Å². The number of imidazole rings is 1.